The van der Waals surface area contributed by atoms with Crippen LogP contribution in [0, 0.1) is 20.2 Å². The molecule has 43 heavy (non-hydrogen) atoms. The lowest BCUT2D eigenvalue weighted by atomic mass is 9.90. The average Bonchev–Trinajstić information content (AvgIpc) is 3.01. The third-order valence-corrected chi connectivity index (χ3v) is 7.82. The average molecular weight is 584 g/mol. The molecule has 222 valence electrons. The highest BCUT2D eigenvalue weighted by Crippen LogP contribution is 2.36. The van der Waals surface area contributed by atoms with Gasteiger partial charge in [-0.3, -0.25) is 25.0 Å². The first-order valence-electron chi connectivity index (χ1n) is 14.4. The van der Waals surface area contributed by atoms with Gasteiger partial charge in [0.25, 0.3) is 11.4 Å². The first-order chi connectivity index (χ1) is 20.8. The molecule has 0 fully saturated rings. The molecule has 1 unspecified atom stereocenters. The lowest BCUT2D eigenvalue weighted by Crippen LogP contribution is -2.30. The van der Waals surface area contributed by atoms with Gasteiger partial charge < -0.3 is 14.7 Å². The van der Waals surface area contributed by atoms with Crippen LogP contribution in [0.4, 0.5) is 17.1 Å². The van der Waals surface area contributed by atoms with Gasteiger partial charge in [-0.2, -0.15) is 0 Å². The highest BCUT2D eigenvalue weighted by Gasteiger charge is 2.24. The number of nitrogens with zero attached hydrogens (tertiary/aromatic N) is 3. The molecule has 5 aromatic carbocycles. The van der Waals surface area contributed by atoms with Gasteiger partial charge in [0, 0.05) is 25.6 Å². The van der Waals surface area contributed by atoms with Crippen LogP contribution < -0.4 is 4.90 Å². The maximum atomic E-state index is 12.5. The molecule has 5 aromatic rings. The van der Waals surface area contributed by atoms with Crippen molar-refractivity contribution < 1.29 is 24.5 Å². The lowest BCUT2D eigenvalue weighted by Gasteiger charge is -2.25. The Balaban J connectivity index is 1.14. The number of hydrogen-bond donors (Lipinski definition) is 1. The molecule has 0 aromatic heterocycles. The second-order valence-electron chi connectivity index (χ2n) is 10.7. The summed E-state index contributed by atoms with van der Waals surface area (Å²) in [5.74, 6) is -0.395. The van der Waals surface area contributed by atoms with Crippen molar-refractivity contribution in [1.82, 2.24) is 0 Å². The summed E-state index contributed by atoms with van der Waals surface area (Å²) in [4.78, 5) is 35.5. The van der Waals surface area contributed by atoms with E-state index in [2.05, 4.69) is 54.6 Å². The number of hydrogen-bond acceptors (Lipinski definition) is 8. The molecule has 0 spiro atoms. The zero-order valence-corrected chi connectivity index (χ0v) is 23.9. The minimum absolute atomic E-state index is 0.181. The fraction of sp³-hybridized carbons (Fsp3) is 0.303. The molecule has 10 nitrogen and oxygen atoms in total. The van der Waals surface area contributed by atoms with E-state index in [1.165, 1.54) is 50.0 Å². The van der Waals surface area contributed by atoms with Crippen molar-refractivity contribution in [3.63, 3.8) is 0 Å². The molecule has 0 radical (unpaired) electrons. The zero-order chi connectivity index (χ0) is 30.5. The zero-order valence-electron chi connectivity index (χ0n) is 23.9. The molecule has 1 N–H and O–H groups in total. The van der Waals surface area contributed by atoms with Gasteiger partial charge in [-0.05, 0) is 69.6 Å². The van der Waals surface area contributed by atoms with Crippen LogP contribution in [-0.2, 0) is 16.0 Å². The summed E-state index contributed by atoms with van der Waals surface area (Å²) in [6.45, 7) is 2.43. The van der Waals surface area contributed by atoms with E-state index >= 15 is 0 Å². The largest absolute Gasteiger partial charge is 0.463 e. The second kappa shape index (κ2) is 13.0. The van der Waals surface area contributed by atoms with E-state index in [1.54, 1.807) is 4.90 Å². The van der Waals surface area contributed by atoms with Crippen molar-refractivity contribution in [1.29, 1.82) is 0 Å². The number of ether oxygens (including phenoxy) is 1. The predicted molar refractivity (Wildman–Crippen MR) is 167 cm³/mol. The van der Waals surface area contributed by atoms with E-state index in [0.717, 1.165) is 6.07 Å². The van der Waals surface area contributed by atoms with Crippen LogP contribution in [0.1, 0.15) is 38.2 Å². The first-order valence-corrected chi connectivity index (χ1v) is 14.4. The third kappa shape index (κ3) is 6.49. The van der Waals surface area contributed by atoms with Gasteiger partial charge in [0.2, 0.25) is 0 Å². The van der Waals surface area contributed by atoms with Crippen LogP contribution >= 0.6 is 0 Å². The molecule has 0 aliphatic carbocycles. The normalized spacial score (nSPS) is 12.1. The number of non-ortho nitro benzene ring substituents is 1. The Morgan fingerprint density at radius 3 is 2.30 bits per heavy atom. The number of aliphatic hydroxyl groups excluding tert-OH is 1. The van der Waals surface area contributed by atoms with E-state index in [1.807, 2.05) is 6.92 Å². The smallest absolute Gasteiger partial charge is 0.305 e. The summed E-state index contributed by atoms with van der Waals surface area (Å²) in [6, 6.07) is 22.7. The molecule has 1 atom stereocenters. The van der Waals surface area contributed by atoms with Gasteiger partial charge in [0.1, 0.15) is 12.3 Å². The second-order valence-corrected chi connectivity index (χ2v) is 10.7. The van der Waals surface area contributed by atoms with Crippen molar-refractivity contribution in [2.75, 3.05) is 24.6 Å². The van der Waals surface area contributed by atoms with Gasteiger partial charge in [0.05, 0.1) is 22.0 Å². The molecule has 0 aliphatic rings. The quantitative estimate of drug-likeness (QED) is 0.0643. The highest BCUT2D eigenvalue weighted by molar-refractivity contribution is 6.23. The number of nitro benzene ring substituents is 2. The van der Waals surface area contributed by atoms with E-state index in [0.29, 0.717) is 25.8 Å². The van der Waals surface area contributed by atoms with Crippen LogP contribution in [-0.4, -0.2) is 46.7 Å². The molecule has 0 bridgehead atoms. The number of nitro groups is 2. The number of esters is 1. The SMILES string of the molecule is CCCN(CCC(O)COC(=O)CCCc1ccc2ccc3cccc4ccc1c2c34)c1ccc([N+](=O)[O-])cc1[N+](=O)[O-]. The van der Waals surface area contributed by atoms with Crippen LogP contribution in [0.2, 0.25) is 0 Å². The minimum atomic E-state index is -0.960. The number of benzene rings is 5. The Morgan fingerprint density at radius 1 is 0.907 bits per heavy atom. The summed E-state index contributed by atoms with van der Waals surface area (Å²) in [5.41, 5.74) is 0.689. The maximum Gasteiger partial charge on any atom is 0.305 e. The standard InChI is InChI=1S/C33H33N3O7/c1-2-18-34(29-16-14-26(35(39)40)20-30(29)36(41)42)19-17-27(37)21-43-31(38)8-4-5-22-9-10-25-12-11-23-6-3-7-24-13-15-28(22)33(25)32(23)24/h3,6-7,9-16,20,27,37H,2,4-5,8,17-19,21H2,1H3. The van der Waals surface area contributed by atoms with E-state index in [-0.39, 0.29) is 43.1 Å². The summed E-state index contributed by atoms with van der Waals surface area (Å²) >= 11 is 0. The van der Waals surface area contributed by atoms with E-state index in [4.69, 9.17) is 4.74 Å². The summed E-state index contributed by atoms with van der Waals surface area (Å²) in [6.07, 6.45) is 1.44. The molecule has 0 aliphatic heterocycles. The first kappa shape index (κ1) is 29.7. The van der Waals surface area contributed by atoms with Crippen molar-refractivity contribution in [3.05, 3.63) is 98.6 Å². The summed E-state index contributed by atoms with van der Waals surface area (Å²) < 4.78 is 5.33. The van der Waals surface area contributed by atoms with Gasteiger partial charge in [-0.25, -0.2) is 0 Å². The van der Waals surface area contributed by atoms with Gasteiger partial charge in [-0.1, -0.05) is 61.5 Å². The fourth-order valence-electron chi connectivity index (χ4n) is 5.75. The molecule has 0 heterocycles. The maximum absolute atomic E-state index is 12.5. The number of aliphatic hydroxyl groups is 1. The minimum Gasteiger partial charge on any atom is -0.463 e. The van der Waals surface area contributed by atoms with Crippen LogP contribution in [0.5, 0.6) is 0 Å². The summed E-state index contributed by atoms with van der Waals surface area (Å²) in [7, 11) is 0. The molecule has 5 rings (SSSR count). The monoisotopic (exact) mass is 583 g/mol. The number of rotatable bonds is 14. The van der Waals surface area contributed by atoms with Crippen molar-refractivity contribution in [3.8, 4) is 0 Å². The Bertz CT molecular complexity index is 1770. The molecular weight excluding hydrogens is 550 g/mol. The number of anilines is 1. The topological polar surface area (TPSA) is 136 Å². The predicted octanol–water partition coefficient (Wildman–Crippen LogP) is 6.93. The Hall–Kier alpha value is -4.83. The number of carbonyl (C=O) groups is 1. The Morgan fingerprint density at radius 2 is 1.60 bits per heavy atom. The van der Waals surface area contributed by atoms with Crippen LogP contribution in [0.3, 0.4) is 0 Å². The van der Waals surface area contributed by atoms with Gasteiger partial charge in [0.15, 0.2) is 0 Å². The summed E-state index contributed by atoms with van der Waals surface area (Å²) in [5, 5.41) is 40.5. The van der Waals surface area contributed by atoms with Crippen molar-refractivity contribution >= 4 is 55.3 Å². The Labute approximate surface area is 248 Å². The highest BCUT2D eigenvalue weighted by atomic mass is 16.6. The van der Waals surface area contributed by atoms with E-state index in [9.17, 15) is 30.1 Å². The molecular formula is C33H33N3O7. The van der Waals surface area contributed by atoms with Crippen LogP contribution in [0.25, 0.3) is 32.3 Å². The van der Waals surface area contributed by atoms with Crippen molar-refractivity contribution in [2.45, 2.75) is 45.1 Å². The number of aryl methyl sites for hydroxylation is 1. The molecule has 0 amide bonds. The third-order valence-electron chi connectivity index (χ3n) is 7.82. The fourth-order valence-corrected chi connectivity index (χ4v) is 5.75. The van der Waals surface area contributed by atoms with E-state index < -0.39 is 21.9 Å². The van der Waals surface area contributed by atoms with Gasteiger partial charge >= 0.3 is 5.97 Å². The van der Waals surface area contributed by atoms with Crippen LogP contribution in [0.15, 0.2) is 72.8 Å². The van der Waals surface area contributed by atoms with Crippen molar-refractivity contribution in [2.24, 2.45) is 0 Å². The molecule has 0 saturated heterocycles. The Kier molecular flexibility index (Phi) is 8.96. The lowest BCUT2D eigenvalue weighted by molar-refractivity contribution is -0.393. The van der Waals surface area contributed by atoms with Gasteiger partial charge in [-0.15, -0.1) is 0 Å². The molecule has 10 heteroatoms. The number of carbonyl (C=O) groups excluding carboxylic acids is 1. The molecule has 0 saturated carbocycles.